The molecule has 0 fully saturated rings. The van der Waals surface area contributed by atoms with Crippen LogP contribution in [0.5, 0.6) is 0 Å². The van der Waals surface area contributed by atoms with Gasteiger partial charge in [-0.05, 0) is 25.0 Å². The zero-order valence-corrected chi connectivity index (χ0v) is 39.3. The third-order valence-electron chi connectivity index (χ3n) is 11.6. The number of carbonyl (C=O) groups is 4. The minimum absolute atomic E-state index is 0.176. The molecule has 1 unspecified atom stereocenters. The Morgan fingerprint density at radius 2 is 0.902 bits per heavy atom. The van der Waals surface area contributed by atoms with Crippen molar-refractivity contribution >= 4 is 31.6 Å². The van der Waals surface area contributed by atoms with Crippen LogP contribution in [0.3, 0.4) is 0 Å². The summed E-state index contributed by atoms with van der Waals surface area (Å²) >= 11 is 0. The van der Waals surface area contributed by atoms with E-state index in [4.69, 9.17) is 18.5 Å². The lowest BCUT2D eigenvalue weighted by atomic mass is 10.0. The van der Waals surface area contributed by atoms with E-state index in [-0.39, 0.29) is 37.1 Å². The quantitative estimate of drug-likeness (QED) is 0.0291. The highest BCUT2D eigenvalue weighted by molar-refractivity contribution is 7.47. The molecule has 61 heavy (non-hydrogen) atoms. The highest BCUT2D eigenvalue weighted by Crippen LogP contribution is 2.43. The fraction of sp³-hybridized carbons (Fsp3) is 0.796. The fourth-order valence-electron chi connectivity index (χ4n) is 7.80. The Morgan fingerprint density at radius 1 is 0.541 bits per heavy atom. The molecule has 0 saturated heterocycles. The number of unbranched alkanes of at least 4 members (excludes halogenated alkanes) is 28. The van der Waals surface area contributed by atoms with Crippen LogP contribution in [-0.4, -0.2) is 66.0 Å². The molecule has 1 heterocycles. The summed E-state index contributed by atoms with van der Waals surface area (Å²) in [5.41, 5.74) is 0.526. The van der Waals surface area contributed by atoms with Gasteiger partial charge < -0.3 is 14.4 Å². The Labute approximate surface area is 369 Å². The predicted molar refractivity (Wildman–Crippen MR) is 243 cm³/mol. The Kier molecular flexibility index (Phi) is 32.0. The number of hydrogen-bond donors (Lipinski definition) is 1. The number of imide groups is 1. The number of carbonyl (C=O) groups excluding carboxylic acids is 4. The molecule has 350 valence electrons. The van der Waals surface area contributed by atoms with Gasteiger partial charge in [-0.15, -0.1) is 0 Å². The van der Waals surface area contributed by atoms with Gasteiger partial charge in [0.2, 0.25) is 0 Å². The number of nitrogens with zero attached hydrogens (tertiary/aromatic N) is 1. The molecule has 0 spiro atoms. The first-order chi connectivity index (χ1) is 29.7. The van der Waals surface area contributed by atoms with Crippen LogP contribution in [0.15, 0.2) is 24.3 Å². The van der Waals surface area contributed by atoms with Gasteiger partial charge in [-0.2, -0.15) is 0 Å². The monoisotopic (exact) mass is 878 g/mol. The maximum Gasteiger partial charge on any atom is 0.472 e. The van der Waals surface area contributed by atoms with Crippen molar-refractivity contribution in [1.29, 1.82) is 0 Å². The topological polar surface area (TPSA) is 146 Å². The number of hydrogen-bond acceptors (Lipinski definition) is 9. The first-order valence-corrected chi connectivity index (χ1v) is 26.1. The third-order valence-corrected chi connectivity index (χ3v) is 12.6. The van der Waals surface area contributed by atoms with E-state index in [9.17, 15) is 28.6 Å². The Hall–Kier alpha value is -2.59. The molecule has 1 N–H and O–H groups in total. The van der Waals surface area contributed by atoms with Crippen LogP contribution < -0.4 is 0 Å². The van der Waals surface area contributed by atoms with E-state index in [2.05, 4.69) is 13.8 Å². The van der Waals surface area contributed by atoms with Gasteiger partial charge in [0.1, 0.15) is 6.61 Å². The normalized spacial score (nSPS) is 14.0. The number of fused-ring (bicyclic) bond motifs is 1. The van der Waals surface area contributed by atoms with Gasteiger partial charge in [0.05, 0.1) is 30.9 Å². The van der Waals surface area contributed by atoms with E-state index >= 15 is 0 Å². The molecule has 0 saturated carbocycles. The molecule has 1 aliphatic rings. The third kappa shape index (κ3) is 27.3. The molecule has 1 aliphatic heterocycles. The predicted octanol–water partition coefficient (Wildman–Crippen LogP) is 13.4. The summed E-state index contributed by atoms with van der Waals surface area (Å²) in [7, 11) is -4.69. The fourth-order valence-corrected chi connectivity index (χ4v) is 8.55. The second-order valence-electron chi connectivity index (χ2n) is 17.1. The van der Waals surface area contributed by atoms with Crippen LogP contribution in [0.2, 0.25) is 0 Å². The van der Waals surface area contributed by atoms with Crippen molar-refractivity contribution in [1.82, 2.24) is 4.90 Å². The Morgan fingerprint density at radius 3 is 1.30 bits per heavy atom. The maximum atomic E-state index is 12.8. The van der Waals surface area contributed by atoms with Crippen LogP contribution in [-0.2, 0) is 32.7 Å². The van der Waals surface area contributed by atoms with E-state index in [0.29, 0.717) is 12.8 Å². The van der Waals surface area contributed by atoms with Crippen molar-refractivity contribution in [2.75, 3.05) is 26.4 Å². The molecule has 2 atom stereocenters. The van der Waals surface area contributed by atoms with Crippen LogP contribution in [0.25, 0.3) is 0 Å². The van der Waals surface area contributed by atoms with Crippen molar-refractivity contribution in [2.45, 2.75) is 225 Å². The SMILES string of the molecule is CCCCCCCCCCCCCCCCCC(=O)OC[C@H](COP(=O)(O)OCCN1C(=O)c2ccccc2C1=O)OC(=O)CCCCCCCCCCCCCCCCC. The minimum atomic E-state index is -4.69. The maximum absolute atomic E-state index is 12.8. The molecular weight excluding hydrogens is 794 g/mol. The standard InChI is InChI=1S/C49H84NO10P/c1-3-5-7-9-11-13-15-17-19-21-23-25-27-29-31-37-46(51)57-41-43(60-47(52)38-32-30-28-26-24-22-20-18-16-14-12-10-8-6-4-2)42-59-61(55,56)58-40-39-50-48(53)44-35-33-34-36-45(44)49(50)54/h33-36,43H,3-32,37-42H2,1-2H3,(H,55,56)/t43-/m1/s1. The highest BCUT2D eigenvalue weighted by Gasteiger charge is 2.35. The number of esters is 2. The average Bonchev–Trinajstić information content (AvgIpc) is 3.49. The Balaban J connectivity index is 1.67. The molecule has 0 bridgehead atoms. The average molecular weight is 878 g/mol. The number of ether oxygens (including phenoxy) is 2. The van der Waals surface area contributed by atoms with Gasteiger partial charge in [0, 0.05) is 12.8 Å². The van der Waals surface area contributed by atoms with Gasteiger partial charge in [0.15, 0.2) is 6.10 Å². The number of phosphoric acid groups is 1. The van der Waals surface area contributed by atoms with E-state index < -0.39 is 50.9 Å². The molecular formula is C49H84NO10P. The van der Waals surface area contributed by atoms with E-state index in [1.54, 1.807) is 24.3 Å². The van der Waals surface area contributed by atoms with Crippen LogP contribution in [0, 0.1) is 0 Å². The molecule has 0 aliphatic carbocycles. The molecule has 1 aromatic carbocycles. The summed E-state index contributed by atoms with van der Waals surface area (Å²) in [6.45, 7) is 2.93. The summed E-state index contributed by atoms with van der Waals surface area (Å²) in [5.74, 6) is -1.95. The lowest BCUT2D eigenvalue weighted by molar-refractivity contribution is -0.161. The van der Waals surface area contributed by atoms with Crippen LogP contribution in [0.4, 0.5) is 0 Å². The Bertz CT molecular complexity index is 1340. The van der Waals surface area contributed by atoms with Crippen LogP contribution >= 0.6 is 7.82 Å². The van der Waals surface area contributed by atoms with Crippen molar-refractivity contribution in [3.63, 3.8) is 0 Å². The number of phosphoric ester groups is 1. The van der Waals surface area contributed by atoms with Crippen molar-refractivity contribution in [2.24, 2.45) is 0 Å². The number of amides is 2. The van der Waals surface area contributed by atoms with Gasteiger partial charge in [-0.1, -0.05) is 206 Å². The number of rotatable bonds is 42. The largest absolute Gasteiger partial charge is 0.472 e. The summed E-state index contributed by atoms with van der Waals surface area (Å²) < 4.78 is 34.0. The lowest BCUT2D eigenvalue weighted by Crippen LogP contribution is -2.33. The highest BCUT2D eigenvalue weighted by atomic mass is 31.2. The molecule has 11 nitrogen and oxygen atoms in total. The van der Waals surface area contributed by atoms with Crippen molar-refractivity contribution in [3.05, 3.63) is 35.4 Å². The molecule has 0 radical (unpaired) electrons. The summed E-state index contributed by atoms with van der Waals surface area (Å²) in [4.78, 5) is 62.0. The summed E-state index contributed by atoms with van der Waals surface area (Å²) in [6, 6.07) is 6.40. The minimum Gasteiger partial charge on any atom is -0.462 e. The van der Waals surface area contributed by atoms with Gasteiger partial charge in [-0.3, -0.25) is 33.1 Å². The van der Waals surface area contributed by atoms with Gasteiger partial charge in [-0.25, -0.2) is 4.57 Å². The summed E-state index contributed by atoms with van der Waals surface area (Å²) in [5, 5.41) is 0. The number of benzene rings is 1. The molecule has 0 aromatic heterocycles. The van der Waals surface area contributed by atoms with E-state index in [1.165, 1.54) is 141 Å². The second kappa shape index (κ2) is 35.8. The van der Waals surface area contributed by atoms with Gasteiger partial charge in [0.25, 0.3) is 11.8 Å². The molecule has 2 rings (SSSR count). The van der Waals surface area contributed by atoms with E-state index in [0.717, 1.165) is 43.4 Å². The molecule has 12 heteroatoms. The van der Waals surface area contributed by atoms with Crippen molar-refractivity contribution in [3.8, 4) is 0 Å². The zero-order valence-electron chi connectivity index (χ0n) is 38.4. The van der Waals surface area contributed by atoms with Crippen molar-refractivity contribution < 1.29 is 47.2 Å². The zero-order chi connectivity index (χ0) is 44.2. The van der Waals surface area contributed by atoms with E-state index in [1.807, 2.05) is 0 Å². The van der Waals surface area contributed by atoms with Crippen LogP contribution in [0.1, 0.15) is 240 Å². The lowest BCUT2D eigenvalue weighted by Gasteiger charge is -2.20. The second-order valence-corrected chi connectivity index (χ2v) is 18.6. The first kappa shape index (κ1) is 54.5. The molecule has 1 aromatic rings. The molecule has 2 amide bonds. The van der Waals surface area contributed by atoms with Gasteiger partial charge >= 0.3 is 19.8 Å². The summed E-state index contributed by atoms with van der Waals surface area (Å²) in [6.07, 6.45) is 35.9. The first-order valence-electron chi connectivity index (χ1n) is 24.6. The smallest absolute Gasteiger partial charge is 0.462 e.